The molecule has 0 aliphatic rings. The van der Waals surface area contributed by atoms with Crippen LogP contribution in [0.2, 0.25) is 0 Å². The third-order valence-electron chi connectivity index (χ3n) is 4.08. The average Bonchev–Trinajstić information content (AvgIpc) is 3.16. The smallest absolute Gasteiger partial charge is 0.411 e. The van der Waals surface area contributed by atoms with Crippen molar-refractivity contribution in [3.8, 4) is 0 Å². The minimum absolute atomic E-state index is 0.0520. The normalized spacial score (nSPS) is 10.7. The third-order valence-corrected chi connectivity index (χ3v) is 6.24. The molecule has 0 unspecified atom stereocenters. The van der Waals surface area contributed by atoms with Crippen molar-refractivity contribution < 1.29 is 14.5 Å². The number of para-hydroxylation sites is 2. The Morgan fingerprint density at radius 3 is 2.63 bits per heavy atom. The van der Waals surface area contributed by atoms with Crippen LogP contribution < -0.4 is 5.32 Å². The molecule has 1 N–H and O–H groups in total. The molecule has 0 bridgehead atoms. The molecule has 0 spiro atoms. The van der Waals surface area contributed by atoms with Gasteiger partial charge >= 0.3 is 6.09 Å². The van der Waals surface area contributed by atoms with E-state index in [4.69, 9.17) is 4.74 Å². The number of benzene rings is 3. The van der Waals surface area contributed by atoms with E-state index in [9.17, 15) is 14.9 Å². The van der Waals surface area contributed by atoms with Crippen LogP contribution in [0, 0.1) is 10.1 Å². The first-order chi connectivity index (χ1) is 14.6. The summed E-state index contributed by atoms with van der Waals surface area (Å²) in [5, 5.41) is 14.2. The van der Waals surface area contributed by atoms with Crippen LogP contribution >= 0.6 is 23.1 Å². The molecule has 0 atom stereocenters. The second kappa shape index (κ2) is 8.93. The molecular weight excluding hydrogens is 422 g/mol. The van der Waals surface area contributed by atoms with Crippen molar-refractivity contribution in [3.05, 3.63) is 88.5 Å². The summed E-state index contributed by atoms with van der Waals surface area (Å²) in [7, 11) is 0. The zero-order valence-corrected chi connectivity index (χ0v) is 17.1. The first-order valence-corrected chi connectivity index (χ1v) is 10.5. The average molecular weight is 438 g/mol. The SMILES string of the molecule is O=C(Nc1ccccc1)OCc1ccc(Sc2nc3ccccc3s2)c([N+](=O)[O-])c1. The lowest BCUT2D eigenvalue weighted by molar-refractivity contribution is -0.387. The van der Waals surface area contributed by atoms with Crippen LogP contribution in [0.5, 0.6) is 0 Å². The van der Waals surface area contributed by atoms with Crippen LogP contribution in [0.3, 0.4) is 0 Å². The van der Waals surface area contributed by atoms with E-state index < -0.39 is 11.0 Å². The number of aromatic nitrogens is 1. The van der Waals surface area contributed by atoms with Crippen LogP contribution in [-0.4, -0.2) is 16.0 Å². The molecule has 30 heavy (non-hydrogen) atoms. The van der Waals surface area contributed by atoms with Gasteiger partial charge in [-0.2, -0.15) is 0 Å². The maximum atomic E-state index is 11.9. The Balaban J connectivity index is 1.46. The Hall–Kier alpha value is -3.43. The molecule has 0 aliphatic carbocycles. The summed E-state index contributed by atoms with van der Waals surface area (Å²) in [6.07, 6.45) is -0.628. The molecule has 1 heterocycles. The van der Waals surface area contributed by atoms with E-state index in [-0.39, 0.29) is 12.3 Å². The fourth-order valence-corrected chi connectivity index (χ4v) is 4.80. The molecule has 0 saturated carbocycles. The van der Waals surface area contributed by atoms with Gasteiger partial charge in [-0.15, -0.1) is 11.3 Å². The van der Waals surface area contributed by atoms with E-state index in [0.717, 1.165) is 14.6 Å². The predicted molar refractivity (Wildman–Crippen MR) is 117 cm³/mol. The number of nitrogens with one attached hydrogen (secondary N) is 1. The topological polar surface area (TPSA) is 94.4 Å². The maximum Gasteiger partial charge on any atom is 0.411 e. The second-order valence-corrected chi connectivity index (χ2v) is 8.50. The van der Waals surface area contributed by atoms with Crippen molar-refractivity contribution in [1.29, 1.82) is 0 Å². The molecule has 0 saturated heterocycles. The monoisotopic (exact) mass is 437 g/mol. The van der Waals surface area contributed by atoms with Gasteiger partial charge in [-0.1, -0.05) is 48.2 Å². The van der Waals surface area contributed by atoms with Crippen molar-refractivity contribution >= 4 is 50.8 Å². The fraction of sp³-hybridized carbons (Fsp3) is 0.0476. The zero-order chi connectivity index (χ0) is 20.9. The lowest BCUT2D eigenvalue weighted by atomic mass is 10.2. The van der Waals surface area contributed by atoms with E-state index in [2.05, 4.69) is 10.3 Å². The highest BCUT2D eigenvalue weighted by Gasteiger charge is 2.18. The van der Waals surface area contributed by atoms with E-state index in [0.29, 0.717) is 16.1 Å². The number of ether oxygens (including phenoxy) is 1. The highest BCUT2D eigenvalue weighted by atomic mass is 32.2. The van der Waals surface area contributed by atoms with Gasteiger partial charge in [0.15, 0.2) is 4.34 Å². The minimum atomic E-state index is -0.628. The molecule has 0 radical (unpaired) electrons. The second-order valence-electron chi connectivity index (χ2n) is 6.18. The minimum Gasteiger partial charge on any atom is -0.444 e. The van der Waals surface area contributed by atoms with Gasteiger partial charge in [0.05, 0.1) is 20.0 Å². The number of anilines is 1. The number of fused-ring (bicyclic) bond motifs is 1. The van der Waals surface area contributed by atoms with Crippen molar-refractivity contribution in [2.24, 2.45) is 0 Å². The van der Waals surface area contributed by atoms with Gasteiger partial charge in [0, 0.05) is 11.8 Å². The van der Waals surface area contributed by atoms with Gasteiger partial charge in [0.25, 0.3) is 5.69 Å². The van der Waals surface area contributed by atoms with Crippen LogP contribution in [0.4, 0.5) is 16.2 Å². The molecule has 1 amide bonds. The van der Waals surface area contributed by atoms with Gasteiger partial charge in [0.2, 0.25) is 0 Å². The number of nitro groups is 1. The number of hydrogen-bond donors (Lipinski definition) is 1. The van der Waals surface area contributed by atoms with Crippen LogP contribution in [-0.2, 0) is 11.3 Å². The lowest BCUT2D eigenvalue weighted by Crippen LogP contribution is -2.13. The van der Waals surface area contributed by atoms with E-state index >= 15 is 0 Å². The quantitative estimate of drug-likeness (QED) is 0.289. The first kappa shape index (κ1) is 19.9. The van der Waals surface area contributed by atoms with Crippen molar-refractivity contribution in [1.82, 2.24) is 4.98 Å². The molecule has 4 aromatic rings. The highest BCUT2D eigenvalue weighted by Crippen LogP contribution is 2.39. The molecule has 9 heteroatoms. The van der Waals surface area contributed by atoms with Crippen molar-refractivity contribution in [2.45, 2.75) is 15.8 Å². The number of nitro benzene ring substituents is 1. The van der Waals surface area contributed by atoms with Crippen molar-refractivity contribution in [3.63, 3.8) is 0 Å². The largest absolute Gasteiger partial charge is 0.444 e. The Labute approximate surface area is 179 Å². The Morgan fingerprint density at radius 2 is 1.87 bits per heavy atom. The Bertz CT molecular complexity index is 1180. The summed E-state index contributed by atoms with van der Waals surface area (Å²) in [6, 6.07) is 21.4. The van der Waals surface area contributed by atoms with Crippen LogP contribution in [0.25, 0.3) is 10.2 Å². The lowest BCUT2D eigenvalue weighted by Gasteiger charge is -2.08. The van der Waals surface area contributed by atoms with Gasteiger partial charge in [-0.05, 0) is 35.9 Å². The number of carbonyl (C=O) groups is 1. The van der Waals surface area contributed by atoms with E-state index in [1.807, 2.05) is 30.3 Å². The van der Waals surface area contributed by atoms with Gasteiger partial charge in [-0.25, -0.2) is 9.78 Å². The standard InChI is InChI=1S/C21H15N3O4S2/c25-20(22-15-6-2-1-3-7-15)28-13-14-10-11-19(17(12-14)24(26)27)30-21-23-16-8-4-5-9-18(16)29-21/h1-12H,13H2,(H,22,25). The molecular formula is C21H15N3O4S2. The van der Waals surface area contributed by atoms with Crippen LogP contribution in [0.15, 0.2) is 82.0 Å². The molecule has 1 aromatic heterocycles. The number of thiazole rings is 1. The Morgan fingerprint density at radius 1 is 1.10 bits per heavy atom. The summed E-state index contributed by atoms with van der Waals surface area (Å²) < 4.78 is 6.93. The predicted octanol–water partition coefficient (Wildman–Crippen LogP) is 6.10. The zero-order valence-electron chi connectivity index (χ0n) is 15.5. The third kappa shape index (κ3) is 4.76. The summed E-state index contributed by atoms with van der Waals surface area (Å²) in [6.45, 7) is -0.0778. The van der Waals surface area contributed by atoms with Gasteiger partial charge < -0.3 is 4.74 Å². The maximum absolute atomic E-state index is 11.9. The first-order valence-electron chi connectivity index (χ1n) is 8.88. The fourth-order valence-electron chi connectivity index (χ4n) is 2.69. The molecule has 150 valence electrons. The highest BCUT2D eigenvalue weighted by molar-refractivity contribution is 8.01. The molecule has 0 aliphatic heterocycles. The number of carbonyl (C=O) groups excluding carboxylic acids is 1. The summed E-state index contributed by atoms with van der Waals surface area (Å²) in [4.78, 5) is 28.0. The molecule has 3 aromatic carbocycles. The van der Waals surface area contributed by atoms with Crippen LogP contribution in [0.1, 0.15) is 5.56 Å². The number of rotatable bonds is 6. The number of nitrogens with zero attached hydrogens (tertiary/aromatic N) is 2. The van der Waals surface area contributed by atoms with Crippen molar-refractivity contribution in [2.75, 3.05) is 5.32 Å². The van der Waals surface area contributed by atoms with Gasteiger partial charge in [0.1, 0.15) is 6.61 Å². The summed E-state index contributed by atoms with van der Waals surface area (Å²) in [5.74, 6) is 0. The Kier molecular flexibility index (Phi) is 5.92. The molecule has 4 rings (SSSR count). The number of amides is 1. The number of hydrogen-bond acceptors (Lipinski definition) is 7. The van der Waals surface area contributed by atoms with E-state index in [1.165, 1.54) is 29.2 Å². The molecule has 7 nitrogen and oxygen atoms in total. The summed E-state index contributed by atoms with van der Waals surface area (Å²) in [5.41, 5.74) is 1.94. The summed E-state index contributed by atoms with van der Waals surface area (Å²) >= 11 is 2.73. The van der Waals surface area contributed by atoms with Gasteiger partial charge in [-0.3, -0.25) is 15.4 Å². The van der Waals surface area contributed by atoms with E-state index in [1.54, 1.807) is 36.4 Å². The molecule has 0 fully saturated rings.